The molecule has 4 heteroatoms. The van der Waals surface area contributed by atoms with E-state index in [0.29, 0.717) is 41.8 Å². The summed E-state index contributed by atoms with van der Waals surface area (Å²) in [5.74, 6) is 2.50. The summed E-state index contributed by atoms with van der Waals surface area (Å²) in [5.41, 5.74) is 0.882. The Bertz CT molecular complexity index is 827. The maximum Gasteiger partial charge on any atom is 0.302 e. The molecule has 0 unspecified atom stereocenters. The lowest BCUT2D eigenvalue weighted by molar-refractivity contribution is -0.167. The minimum Gasteiger partial charge on any atom is -0.463 e. The molecule has 0 N–H and O–H groups in total. The van der Waals surface area contributed by atoms with Gasteiger partial charge in [-0.1, -0.05) is 19.4 Å². The number of carbonyl (C=O) groups excluding carboxylic acids is 3. The Labute approximate surface area is 180 Å². The van der Waals surface area contributed by atoms with Gasteiger partial charge in [0.1, 0.15) is 11.9 Å². The fourth-order valence-electron chi connectivity index (χ4n) is 8.99. The second-order valence-electron chi connectivity index (χ2n) is 11.6. The van der Waals surface area contributed by atoms with Crippen LogP contribution in [0.15, 0.2) is 11.6 Å². The number of carbonyl (C=O) groups is 3. The van der Waals surface area contributed by atoms with Crippen LogP contribution in [0, 0.1) is 46.3 Å². The van der Waals surface area contributed by atoms with E-state index in [4.69, 9.17) is 4.74 Å². The fraction of sp³-hybridized carbons (Fsp3) is 0.808. The van der Waals surface area contributed by atoms with Crippen LogP contribution in [0.1, 0.15) is 79.1 Å². The Balaban J connectivity index is 1.43. The summed E-state index contributed by atoms with van der Waals surface area (Å²) in [4.78, 5) is 38.2. The van der Waals surface area contributed by atoms with Gasteiger partial charge in [-0.3, -0.25) is 14.4 Å². The zero-order valence-corrected chi connectivity index (χ0v) is 18.9. The van der Waals surface area contributed by atoms with Crippen LogP contribution < -0.4 is 0 Å². The van der Waals surface area contributed by atoms with E-state index < -0.39 is 5.41 Å². The summed E-state index contributed by atoms with van der Waals surface area (Å²) < 4.78 is 5.56. The Kier molecular flexibility index (Phi) is 4.62. The monoisotopic (exact) mass is 412 g/mol. The van der Waals surface area contributed by atoms with Crippen molar-refractivity contribution in [2.24, 2.45) is 46.3 Å². The second kappa shape index (κ2) is 6.77. The van der Waals surface area contributed by atoms with Crippen molar-refractivity contribution in [2.45, 2.75) is 85.2 Å². The molecule has 0 aromatic rings. The molecule has 0 heterocycles. The summed E-state index contributed by atoms with van der Waals surface area (Å²) in [6, 6.07) is 0. The highest BCUT2D eigenvalue weighted by atomic mass is 16.5. The average Bonchev–Trinajstić information content (AvgIpc) is 2.96. The van der Waals surface area contributed by atoms with Crippen molar-refractivity contribution in [1.82, 2.24) is 0 Å². The number of allylic oxidation sites excluding steroid dienone is 2. The molecular weight excluding hydrogens is 376 g/mol. The van der Waals surface area contributed by atoms with Crippen molar-refractivity contribution < 1.29 is 19.1 Å². The van der Waals surface area contributed by atoms with Gasteiger partial charge in [-0.15, -0.1) is 0 Å². The number of hydrogen-bond acceptors (Lipinski definition) is 4. The van der Waals surface area contributed by atoms with Gasteiger partial charge in [0, 0.05) is 24.7 Å². The average molecular weight is 413 g/mol. The van der Waals surface area contributed by atoms with E-state index in [9.17, 15) is 14.4 Å². The smallest absolute Gasteiger partial charge is 0.302 e. The van der Waals surface area contributed by atoms with Crippen molar-refractivity contribution in [1.29, 1.82) is 0 Å². The number of ketones is 2. The minimum absolute atomic E-state index is 0.0442. The third-order valence-corrected chi connectivity index (χ3v) is 10.3. The van der Waals surface area contributed by atoms with Crippen LogP contribution in [0.2, 0.25) is 0 Å². The molecule has 0 aromatic heterocycles. The molecule has 0 saturated heterocycles. The van der Waals surface area contributed by atoms with E-state index in [1.54, 1.807) is 0 Å². The largest absolute Gasteiger partial charge is 0.463 e. The van der Waals surface area contributed by atoms with E-state index in [-0.39, 0.29) is 29.2 Å². The maximum atomic E-state index is 13.7. The Morgan fingerprint density at radius 3 is 2.57 bits per heavy atom. The normalized spacial score (nSPS) is 50.0. The van der Waals surface area contributed by atoms with E-state index in [1.807, 2.05) is 6.08 Å². The SMILES string of the molecule is CC(=O)O[C@H]1CC[C@@]2(C)[C@H](CC[C@@H]3[C@@H]2CC(=O)[C@@]2(C)[C@H]3C[C@H]3CC(C)=CC(=O)[C@@H]32)C1. The molecule has 4 saturated carbocycles. The number of rotatable bonds is 1. The summed E-state index contributed by atoms with van der Waals surface area (Å²) in [6.07, 6.45) is 9.76. The molecule has 4 nitrogen and oxygen atoms in total. The summed E-state index contributed by atoms with van der Waals surface area (Å²) in [6.45, 7) is 8.12. The maximum absolute atomic E-state index is 13.7. The zero-order chi connectivity index (χ0) is 21.4. The van der Waals surface area contributed by atoms with Gasteiger partial charge in [0.2, 0.25) is 0 Å². The molecule has 0 aliphatic heterocycles. The van der Waals surface area contributed by atoms with E-state index >= 15 is 0 Å². The zero-order valence-electron chi connectivity index (χ0n) is 18.9. The first kappa shape index (κ1) is 20.5. The lowest BCUT2D eigenvalue weighted by atomic mass is 9.44. The standard InChI is InChI=1S/C26H36O4/c1-14-9-16-11-21-19-6-5-17-12-18(30-15(2)27)7-8-25(17,3)20(19)13-23(29)26(21,4)24(16)22(28)10-14/h10,16-21,24H,5-9,11-13H2,1-4H3/t16-,17-,18+,19-,20+,21+,24-,25+,26-/m1/s1. The second-order valence-corrected chi connectivity index (χ2v) is 11.6. The molecule has 0 amide bonds. The summed E-state index contributed by atoms with van der Waals surface area (Å²) in [5, 5.41) is 0. The molecule has 0 spiro atoms. The number of esters is 1. The quantitative estimate of drug-likeness (QED) is 0.575. The molecule has 9 atom stereocenters. The van der Waals surface area contributed by atoms with Crippen molar-refractivity contribution >= 4 is 17.5 Å². The van der Waals surface area contributed by atoms with Gasteiger partial charge in [0.05, 0.1) is 0 Å². The van der Waals surface area contributed by atoms with Gasteiger partial charge >= 0.3 is 5.97 Å². The highest BCUT2D eigenvalue weighted by Crippen LogP contribution is 2.68. The molecule has 5 rings (SSSR count). The molecule has 5 aliphatic carbocycles. The Morgan fingerprint density at radius 1 is 1.07 bits per heavy atom. The topological polar surface area (TPSA) is 60.4 Å². The van der Waals surface area contributed by atoms with Crippen molar-refractivity contribution in [3.05, 3.63) is 11.6 Å². The van der Waals surface area contributed by atoms with Crippen LogP contribution in [0.3, 0.4) is 0 Å². The Hall–Kier alpha value is -1.45. The molecular formula is C26H36O4. The van der Waals surface area contributed by atoms with E-state index in [0.717, 1.165) is 44.9 Å². The molecule has 164 valence electrons. The van der Waals surface area contributed by atoms with Gasteiger partial charge in [-0.2, -0.15) is 0 Å². The number of fused-ring (bicyclic) bond motifs is 7. The van der Waals surface area contributed by atoms with Crippen LogP contribution in [-0.4, -0.2) is 23.6 Å². The van der Waals surface area contributed by atoms with Crippen LogP contribution in [-0.2, 0) is 19.1 Å². The number of ether oxygens (including phenoxy) is 1. The molecule has 4 fully saturated rings. The highest BCUT2D eigenvalue weighted by Gasteiger charge is 2.67. The van der Waals surface area contributed by atoms with Crippen LogP contribution >= 0.6 is 0 Å². The lowest BCUT2D eigenvalue weighted by Gasteiger charge is -2.60. The molecule has 0 bridgehead atoms. The predicted octanol–water partition coefficient (Wildman–Crippen LogP) is 4.90. The van der Waals surface area contributed by atoms with Gasteiger partial charge in [-0.25, -0.2) is 0 Å². The van der Waals surface area contributed by atoms with Gasteiger partial charge in [0.15, 0.2) is 5.78 Å². The summed E-state index contributed by atoms with van der Waals surface area (Å²) in [7, 11) is 0. The Morgan fingerprint density at radius 2 is 1.83 bits per heavy atom. The van der Waals surface area contributed by atoms with Crippen LogP contribution in [0.5, 0.6) is 0 Å². The molecule has 0 aromatic carbocycles. The molecule has 5 aliphatic rings. The number of Topliss-reactive ketones (excluding diaryl/α,β-unsaturated/α-hetero) is 1. The number of hydrogen-bond donors (Lipinski definition) is 0. The van der Waals surface area contributed by atoms with Crippen molar-refractivity contribution in [3.63, 3.8) is 0 Å². The first-order valence-electron chi connectivity index (χ1n) is 12.1. The van der Waals surface area contributed by atoms with E-state index in [1.165, 1.54) is 12.5 Å². The third-order valence-electron chi connectivity index (χ3n) is 10.3. The van der Waals surface area contributed by atoms with Crippen molar-refractivity contribution in [3.8, 4) is 0 Å². The van der Waals surface area contributed by atoms with E-state index in [2.05, 4.69) is 20.8 Å². The van der Waals surface area contributed by atoms with Crippen LogP contribution in [0.25, 0.3) is 0 Å². The van der Waals surface area contributed by atoms with Gasteiger partial charge < -0.3 is 4.74 Å². The highest BCUT2D eigenvalue weighted by molar-refractivity contribution is 6.00. The predicted molar refractivity (Wildman–Crippen MR) is 113 cm³/mol. The molecule has 0 radical (unpaired) electrons. The lowest BCUT2D eigenvalue weighted by Crippen LogP contribution is -2.57. The van der Waals surface area contributed by atoms with Gasteiger partial charge in [-0.05, 0) is 93.0 Å². The summed E-state index contributed by atoms with van der Waals surface area (Å²) >= 11 is 0. The van der Waals surface area contributed by atoms with Gasteiger partial charge in [0.25, 0.3) is 0 Å². The third kappa shape index (κ3) is 2.74. The molecule has 30 heavy (non-hydrogen) atoms. The minimum atomic E-state index is -0.460. The van der Waals surface area contributed by atoms with Crippen LogP contribution in [0.4, 0.5) is 0 Å². The first-order chi connectivity index (χ1) is 14.1. The van der Waals surface area contributed by atoms with Crippen molar-refractivity contribution in [2.75, 3.05) is 0 Å². The first-order valence-corrected chi connectivity index (χ1v) is 12.1. The fourth-order valence-corrected chi connectivity index (χ4v) is 8.99.